The lowest BCUT2D eigenvalue weighted by atomic mass is 10.2. The minimum Gasteiger partial charge on any atom is -0.394 e. The first-order valence-electron chi connectivity index (χ1n) is 5.66. The number of alkyl halides is 1. The van der Waals surface area contributed by atoms with Crippen molar-refractivity contribution in [2.45, 2.75) is 24.9 Å². The van der Waals surface area contributed by atoms with Crippen molar-refractivity contribution in [3.05, 3.63) is 11.6 Å². The predicted octanol–water partition coefficient (Wildman–Crippen LogP) is 0.680. The molecule has 7 nitrogen and oxygen atoms in total. The van der Waals surface area contributed by atoms with Crippen LogP contribution in [-0.4, -0.2) is 43.5 Å². The number of nitrogen functional groups attached to an aromatic ring is 1. The molecule has 9 heteroatoms. The molecule has 19 heavy (non-hydrogen) atoms. The van der Waals surface area contributed by atoms with Crippen molar-refractivity contribution in [2.75, 3.05) is 12.3 Å². The number of nitrogens with zero attached hydrogens (tertiary/aromatic N) is 4. The van der Waals surface area contributed by atoms with Crippen LogP contribution in [0, 0.1) is 0 Å². The van der Waals surface area contributed by atoms with E-state index in [2.05, 4.69) is 15.0 Å². The Kier molecular flexibility index (Phi) is 3.00. The molecule has 1 saturated heterocycles. The summed E-state index contributed by atoms with van der Waals surface area (Å²) < 4.78 is 20.5. The van der Waals surface area contributed by atoms with Crippen molar-refractivity contribution in [2.24, 2.45) is 0 Å². The summed E-state index contributed by atoms with van der Waals surface area (Å²) in [7, 11) is 0. The summed E-state index contributed by atoms with van der Waals surface area (Å²) in [6.45, 7) is -0.373. The Bertz CT molecular complexity index is 621. The molecule has 3 rings (SSSR count). The monoisotopic (exact) mass is 287 g/mol. The van der Waals surface area contributed by atoms with Crippen molar-refractivity contribution < 1.29 is 14.2 Å². The minimum absolute atomic E-state index is 0.0137. The van der Waals surface area contributed by atoms with Gasteiger partial charge in [0.2, 0.25) is 5.28 Å². The summed E-state index contributed by atoms with van der Waals surface area (Å²) in [5.41, 5.74) is 6.45. The van der Waals surface area contributed by atoms with Crippen molar-refractivity contribution in [3.8, 4) is 0 Å². The molecule has 102 valence electrons. The van der Waals surface area contributed by atoms with Gasteiger partial charge in [-0.1, -0.05) is 0 Å². The molecule has 2 aromatic heterocycles. The van der Waals surface area contributed by atoms with Gasteiger partial charge in [-0.3, -0.25) is 4.57 Å². The third kappa shape index (κ3) is 2.01. The Labute approximate surface area is 112 Å². The Hall–Kier alpha value is -1.51. The van der Waals surface area contributed by atoms with Crippen LogP contribution in [0.3, 0.4) is 0 Å². The number of hydrogen-bond donors (Lipinski definition) is 2. The molecule has 0 saturated carbocycles. The van der Waals surface area contributed by atoms with Crippen LogP contribution >= 0.6 is 11.6 Å². The average molecular weight is 288 g/mol. The lowest BCUT2D eigenvalue weighted by Crippen LogP contribution is -2.21. The quantitative estimate of drug-likeness (QED) is 0.788. The van der Waals surface area contributed by atoms with Gasteiger partial charge < -0.3 is 15.6 Å². The molecule has 0 unspecified atom stereocenters. The molecule has 2 aromatic rings. The van der Waals surface area contributed by atoms with Crippen LogP contribution < -0.4 is 5.73 Å². The summed E-state index contributed by atoms with van der Waals surface area (Å²) in [6, 6.07) is 0. The molecule has 3 N–H and O–H groups in total. The van der Waals surface area contributed by atoms with E-state index in [4.69, 9.17) is 27.2 Å². The molecule has 0 radical (unpaired) electrons. The molecular weight excluding hydrogens is 277 g/mol. The SMILES string of the molecule is Nc1nc(Cl)nc2c1ncn2[C@@H]1C[C@@H](F)[C@H](CO)O1. The second-order valence-corrected chi connectivity index (χ2v) is 4.60. The maximum absolute atomic E-state index is 13.6. The molecule has 3 heterocycles. The van der Waals surface area contributed by atoms with E-state index in [1.807, 2.05) is 0 Å². The van der Waals surface area contributed by atoms with Crippen LogP contribution in [0.5, 0.6) is 0 Å². The summed E-state index contributed by atoms with van der Waals surface area (Å²) >= 11 is 5.75. The standard InChI is InChI=1S/C10H11ClFN5O2/c11-10-15-8(13)7-9(16-10)17(3-14-7)6-1-4(12)5(2-18)19-6/h3-6,18H,1-2H2,(H2,13,15,16)/t4-,5+,6+/m1/s1. The number of aliphatic hydroxyl groups is 1. The summed E-state index contributed by atoms with van der Waals surface area (Å²) in [5, 5.41) is 8.98. The van der Waals surface area contributed by atoms with Crippen molar-refractivity contribution in [3.63, 3.8) is 0 Å². The summed E-state index contributed by atoms with van der Waals surface area (Å²) in [6.07, 6.45) is -1.11. The van der Waals surface area contributed by atoms with Crippen LogP contribution in [-0.2, 0) is 4.74 Å². The number of imidazole rings is 1. The van der Waals surface area contributed by atoms with Gasteiger partial charge >= 0.3 is 0 Å². The number of anilines is 1. The Morgan fingerprint density at radius 2 is 2.37 bits per heavy atom. The molecule has 0 spiro atoms. The van der Waals surface area contributed by atoms with E-state index in [0.717, 1.165) is 0 Å². The smallest absolute Gasteiger partial charge is 0.226 e. The van der Waals surface area contributed by atoms with Gasteiger partial charge in [0.05, 0.1) is 12.9 Å². The van der Waals surface area contributed by atoms with Crippen molar-refractivity contribution in [1.29, 1.82) is 0 Å². The maximum Gasteiger partial charge on any atom is 0.226 e. The highest BCUT2D eigenvalue weighted by Gasteiger charge is 2.36. The topological polar surface area (TPSA) is 99.1 Å². The first-order valence-corrected chi connectivity index (χ1v) is 6.04. The second kappa shape index (κ2) is 4.55. The number of aromatic nitrogens is 4. The number of fused-ring (bicyclic) bond motifs is 1. The molecule has 0 amide bonds. The van der Waals surface area contributed by atoms with Crippen molar-refractivity contribution in [1.82, 2.24) is 19.5 Å². The lowest BCUT2D eigenvalue weighted by Gasteiger charge is -2.13. The largest absolute Gasteiger partial charge is 0.394 e. The van der Waals surface area contributed by atoms with E-state index in [-0.39, 0.29) is 24.1 Å². The van der Waals surface area contributed by atoms with Crippen LogP contribution in [0.1, 0.15) is 12.6 Å². The first-order chi connectivity index (χ1) is 9.10. The molecule has 0 aliphatic carbocycles. The van der Waals surface area contributed by atoms with E-state index in [9.17, 15) is 4.39 Å². The number of nitrogens with two attached hydrogens (primary N) is 1. The fourth-order valence-corrected chi connectivity index (χ4v) is 2.32. The van der Waals surface area contributed by atoms with E-state index < -0.39 is 18.5 Å². The summed E-state index contributed by atoms with van der Waals surface area (Å²) in [4.78, 5) is 11.9. The molecule has 1 aliphatic heterocycles. The van der Waals surface area contributed by atoms with Crippen molar-refractivity contribution >= 4 is 28.6 Å². The summed E-state index contributed by atoms with van der Waals surface area (Å²) in [5.74, 6) is 0.155. The average Bonchev–Trinajstić information content (AvgIpc) is 2.92. The Morgan fingerprint density at radius 3 is 3.05 bits per heavy atom. The maximum atomic E-state index is 13.6. The molecule has 1 fully saturated rings. The second-order valence-electron chi connectivity index (χ2n) is 4.27. The lowest BCUT2D eigenvalue weighted by molar-refractivity contribution is -0.0323. The molecule has 0 bridgehead atoms. The number of hydrogen-bond acceptors (Lipinski definition) is 6. The molecular formula is C10H11ClFN5O2. The number of rotatable bonds is 2. The van der Waals surface area contributed by atoms with Crippen LogP contribution in [0.15, 0.2) is 6.33 Å². The number of halogens is 2. The van der Waals surface area contributed by atoms with Gasteiger partial charge in [-0.2, -0.15) is 9.97 Å². The van der Waals surface area contributed by atoms with Gasteiger partial charge in [-0.05, 0) is 11.6 Å². The van der Waals surface area contributed by atoms with Gasteiger partial charge in [0.1, 0.15) is 24.0 Å². The normalized spacial score (nSPS) is 27.2. The zero-order valence-electron chi connectivity index (χ0n) is 9.70. The fourth-order valence-electron chi connectivity index (χ4n) is 2.15. The van der Waals surface area contributed by atoms with Gasteiger partial charge in [0.15, 0.2) is 11.5 Å². The molecule has 1 aliphatic rings. The molecule has 3 atom stereocenters. The van der Waals surface area contributed by atoms with Gasteiger partial charge in [-0.15, -0.1) is 0 Å². The van der Waals surface area contributed by atoms with E-state index >= 15 is 0 Å². The highest BCUT2D eigenvalue weighted by atomic mass is 35.5. The van der Waals surface area contributed by atoms with E-state index in [1.165, 1.54) is 6.33 Å². The van der Waals surface area contributed by atoms with Gasteiger partial charge in [-0.25, -0.2) is 9.37 Å². The highest BCUT2D eigenvalue weighted by molar-refractivity contribution is 6.28. The van der Waals surface area contributed by atoms with Gasteiger partial charge in [0.25, 0.3) is 0 Å². The van der Waals surface area contributed by atoms with Crippen LogP contribution in [0.25, 0.3) is 11.2 Å². The van der Waals surface area contributed by atoms with E-state index in [1.54, 1.807) is 4.57 Å². The van der Waals surface area contributed by atoms with Gasteiger partial charge in [0, 0.05) is 6.42 Å². The fraction of sp³-hybridized carbons (Fsp3) is 0.500. The third-order valence-corrected chi connectivity index (χ3v) is 3.24. The van der Waals surface area contributed by atoms with E-state index in [0.29, 0.717) is 11.2 Å². The van der Waals surface area contributed by atoms with Crippen LogP contribution in [0.2, 0.25) is 5.28 Å². The zero-order valence-corrected chi connectivity index (χ0v) is 10.5. The zero-order chi connectivity index (χ0) is 13.6. The Morgan fingerprint density at radius 1 is 1.58 bits per heavy atom. The molecule has 0 aromatic carbocycles. The number of ether oxygens (including phenoxy) is 1. The number of aliphatic hydroxyl groups excluding tert-OH is 1. The third-order valence-electron chi connectivity index (χ3n) is 3.07. The highest BCUT2D eigenvalue weighted by Crippen LogP contribution is 2.33. The predicted molar refractivity (Wildman–Crippen MR) is 65.3 cm³/mol. The minimum atomic E-state index is -1.23. The van der Waals surface area contributed by atoms with Crippen LogP contribution in [0.4, 0.5) is 10.2 Å². The first kappa shape index (κ1) is 12.5. The Balaban J connectivity index is 2.02.